The van der Waals surface area contributed by atoms with Crippen LogP contribution in [-0.4, -0.2) is 19.9 Å². The number of anilines is 1. The number of nitrogens with one attached hydrogen (secondary N) is 2. The highest BCUT2D eigenvalue weighted by Gasteiger charge is 2.12. The maximum absolute atomic E-state index is 12.1. The highest BCUT2D eigenvalue weighted by Crippen LogP contribution is 2.30. The fraction of sp³-hybridized carbons (Fsp3) is 0. The maximum atomic E-state index is 12.1. The smallest absolute Gasteiger partial charge is 0.259 e. The Morgan fingerprint density at radius 2 is 2.00 bits per heavy atom. The third-order valence-corrected chi connectivity index (χ3v) is 4.95. The summed E-state index contributed by atoms with van der Waals surface area (Å²) < 4.78 is 0.952. The lowest BCUT2D eigenvalue weighted by atomic mass is 10.2. The van der Waals surface area contributed by atoms with E-state index in [2.05, 4.69) is 20.3 Å². The van der Waals surface area contributed by atoms with Crippen LogP contribution in [0.2, 0.25) is 5.02 Å². The summed E-state index contributed by atoms with van der Waals surface area (Å²) in [5.41, 5.74) is 1.08. The van der Waals surface area contributed by atoms with E-state index in [1.165, 1.54) is 11.3 Å². The summed E-state index contributed by atoms with van der Waals surface area (Å²) in [4.78, 5) is 23.9. The molecule has 0 fully saturated rings. The molecule has 2 heterocycles. The van der Waals surface area contributed by atoms with Crippen molar-refractivity contribution in [3.05, 3.63) is 63.7 Å². The minimum atomic E-state index is -0.230. The van der Waals surface area contributed by atoms with Crippen LogP contribution in [0.15, 0.2) is 47.3 Å². The molecule has 8 heteroatoms. The monoisotopic (exact) mass is 372 g/mol. The predicted molar refractivity (Wildman–Crippen MR) is 102 cm³/mol. The maximum Gasteiger partial charge on any atom is 0.259 e. The molecular formula is C16H9ClN4OS2. The molecule has 2 N–H and O–H groups in total. The molecule has 0 aliphatic carbocycles. The van der Waals surface area contributed by atoms with Crippen LogP contribution in [0.5, 0.6) is 0 Å². The molecule has 0 spiro atoms. The lowest BCUT2D eigenvalue weighted by Crippen LogP contribution is -2.20. The van der Waals surface area contributed by atoms with Crippen LogP contribution in [0.4, 0.5) is 5.13 Å². The van der Waals surface area contributed by atoms with Crippen LogP contribution in [0, 0.1) is 0 Å². The third kappa shape index (κ3) is 2.66. The van der Waals surface area contributed by atoms with Crippen molar-refractivity contribution in [2.24, 2.45) is 0 Å². The number of aromatic amines is 1. The number of thiazole rings is 1. The van der Waals surface area contributed by atoms with Gasteiger partial charge in [0.05, 0.1) is 20.6 Å². The second kappa shape index (κ2) is 5.94. The molecule has 2 aromatic carbocycles. The largest absolute Gasteiger partial charge is 0.319 e. The van der Waals surface area contributed by atoms with E-state index < -0.39 is 0 Å². The Balaban J connectivity index is 1.70. The SMILES string of the molecule is O=c1[nH]c(C(=S)Nc2nc3c(Cl)cccc3s2)nc2ccccc12. The van der Waals surface area contributed by atoms with Crippen molar-refractivity contribution in [2.75, 3.05) is 5.32 Å². The molecule has 0 bridgehead atoms. The number of rotatable bonds is 2. The van der Waals surface area contributed by atoms with Crippen molar-refractivity contribution < 1.29 is 0 Å². The Kier molecular flexibility index (Phi) is 3.76. The summed E-state index contributed by atoms with van der Waals surface area (Å²) in [6.07, 6.45) is 0. The molecular weight excluding hydrogens is 364 g/mol. The standard InChI is InChI=1S/C16H9ClN4OS2/c17-9-5-3-7-11-12(9)19-16(24-11)21-15(23)13-18-10-6-2-1-4-8(10)14(22)20-13/h1-7H,(H,18,20,22)(H,19,21,23). The van der Waals surface area contributed by atoms with Crippen molar-refractivity contribution >= 4 is 66.4 Å². The zero-order chi connectivity index (χ0) is 16.7. The minimum absolute atomic E-state index is 0.230. The topological polar surface area (TPSA) is 70.7 Å². The zero-order valence-electron chi connectivity index (χ0n) is 12.0. The van der Waals surface area contributed by atoms with Crippen LogP contribution in [0.3, 0.4) is 0 Å². The van der Waals surface area contributed by atoms with Crippen molar-refractivity contribution in [1.29, 1.82) is 0 Å². The van der Waals surface area contributed by atoms with Crippen molar-refractivity contribution in [2.45, 2.75) is 0 Å². The molecule has 5 nitrogen and oxygen atoms in total. The summed E-state index contributed by atoms with van der Waals surface area (Å²) in [6.45, 7) is 0. The van der Waals surface area contributed by atoms with E-state index in [0.717, 1.165) is 10.2 Å². The predicted octanol–water partition coefficient (Wildman–Crippen LogP) is 3.97. The molecule has 0 saturated heterocycles. The van der Waals surface area contributed by atoms with E-state index in [1.807, 2.05) is 18.2 Å². The zero-order valence-corrected chi connectivity index (χ0v) is 14.4. The van der Waals surface area contributed by atoms with Gasteiger partial charge in [-0.25, -0.2) is 9.97 Å². The van der Waals surface area contributed by atoms with Gasteiger partial charge in [0.25, 0.3) is 5.56 Å². The van der Waals surface area contributed by atoms with Crippen LogP contribution >= 0.6 is 35.2 Å². The summed E-state index contributed by atoms with van der Waals surface area (Å²) in [7, 11) is 0. The Hall–Kier alpha value is -2.35. The van der Waals surface area contributed by atoms with Crippen molar-refractivity contribution in [3.63, 3.8) is 0 Å². The molecule has 4 aromatic rings. The first-order valence-electron chi connectivity index (χ1n) is 6.97. The van der Waals surface area contributed by atoms with Crippen molar-refractivity contribution in [3.8, 4) is 0 Å². The highest BCUT2D eigenvalue weighted by atomic mass is 35.5. The number of nitrogens with zero attached hydrogens (tertiary/aromatic N) is 2. The minimum Gasteiger partial charge on any atom is -0.319 e. The number of aromatic nitrogens is 3. The molecule has 0 aliphatic rings. The molecule has 0 amide bonds. The van der Waals surface area contributed by atoms with Crippen LogP contribution in [0.1, 0.15) is 5.82 Å². The second-order valence-electron chi connectivity index (χ2n) is 4.99. The van der Waals surface area contributed by atoms with E-state index in [0.29, 0.717) is 31.9 Å². The van der Waals surface area contributed by atoms with Crippen LogP contribution in [-0.2, 0) is 0 Å². The van der Waals surface area contributed by atoms with E-state index in [4.69, 9.17) is 23.8 Å². The number of halogens is 1. The van der Waals surface area contributed by atoms with Gasteiger partial charge < -0.3 is 10.3 Å². The first-order valence-corrected chi connectivity index (χ1v) is 8.57. The number of H-pyrrole nitrogens is 1. The molecule has 0 aliphatic heterocycles. The molecule has 4 rings (SSSR count). The van der Waals surface area contributed by atoms with E-state index in [1.54, 1.807) is 24.3 Å². The van der Waals surface area contributed by atoms with E-state index in [-0.39, 0.29) is 5.56 Å². The van der Waals surface area contributed by atoms with E-state index >= 15 is 0 Å². The summed E-state index contributed by atoms with van der Waals surface area (Å²) in [6, 6.07) is 12.7. The lowest BCUT2D eigenvalue weighted by molar-refractivity contribution is 1.14. The van der Waals surface area contributed by atoms with Crippen LogP contribution < -0.4 is 10.9 Å². The van der Waals surface area contributed by atoms with Crippen LogP contribution in [0.25, 0.3) is 21.1 Å². The Bertz CT molecular complexity index is 1150. The molecule has 0 saturated carbocycles. The average Bonchev–Trinajstić information content (AvgIpc) is 2.99. The Labute approximate surface area is 150 Å². The molecule has 0 atom stereocenters. The summed E-state index contributed by atoms with van der Waals surface area (Å²) in [5.74, 6) is 0.305. The van der Waals surface area contributed by atoms with Gasteiger partial charge >= 0.3 is 0 Å². The fourth-order valence-electron chi connectivity index (χ4n) is 2.32. The summed E-state index contributed by atoms with van der Waals surface area (Å²) in [5, 5.41) is 4.72. The first kappa shape index (κ1) is 15.2. The number of para-hydroxylation sites is 2. The molecule has 118 valence electrons. The number of benzene rings is 2. The van der Waals surface area contributed by atoms with Gasteiger partial charge in [-0.15, -0.1) is 0 Å². The van der Waals surface area contributed by atoms with Gasteiger partial charge in [-0.05, 0) is 24.3 Å². The second-order valence-corrected chi connectivity index (χ2v) is 6.84. The van der Waals surface area contributed by atoms with Gasteiger partial charge in [-0.2, -0.15) is 0 Å². The third-order valence-electron chi connectivity index (χ3n) is 3.42. The highest BCUT2D eigenvalue weighted by molar-refractivity contribution is 7.81. The number of hydrogen-bond acceptors (Lipinski definition) is 5. The number of fused-ring (bicyclic) bond motifs is 2. The normalized spacial score (nSPS) is 11.0. The van der Waals surface area contributed by atoms with Gasteiger partial charge in [0.2, 0.25) is 0 Å². The van der Waals surface area contributed by atoms with Gasteiger partial charge in [0.15, 0.2) is 11.0 Å². The molecule has 24 heavy (non-hydrogen) atoms. The van der Waals surface area contributed by atoms with Gasteiger partial charge in [0.1, 0.15) is 10.5 Å². The quantitative estimate of drug-likeness (QED) is 0.521. The average molecular weight is 373 g/mol. The summed E-state index contributed by atoms with van der Waals surface area (Å²) >= 11 is 12.9. The van der Waals surface area contributed by atoms with Gasteiger partial charge in [-0.1, -0.05) is 53.4 Å². The fourth-order valence-corrected chi connectivity index (χ4v) is 3.75. The first-order chi connectivity index (χ1) is 11.6. The number of thiocarbonyl (C=S) groups is 1. The number of hydrogen-bond donors (Lipinski definition) is 2. The van der Waals surface area contributed by atoms with Gasteiger partial charge in [0, 0.05) is 0 Å². The Morgan fingerprint density at radius 1 is 1.17 bits per heavy atom. The molecule has 0 unspecified atom stereocenters. The van der Waals surface area contributed by atoms with Crippen molar-refractivity contribution in [1.82, 2.24) is 15.0 Å². The molecule has 0 radical (unpaired) electrons. The lowest BCUT2D eigenvalue weighted by Gasteiger charge is -2.05. The molecule has 2 aromatic heterocycles. The Morgan fingerprint density at radius 3 is 2.83 bits per heavy atom. The van der Waals surface area contributed by atoms with E-state index in [9.17, 15) is 4.79 Å². The van der Waals surface area contributed by atoms with Gasteiger partial charge in [-0.3, -0.25) is 4.79 Å².